The molecule has 4 aromatic heterocycles. The Morgan fingerprint density at radius 2 is 0.641 bits per heavy atom. The number of benzene rings is 9. The SMILES string of the molecule is c1ccc(N(c2ccc3ccccc3c2)c2cc3c(s2)c2cc4c(cc2n3-c2ccccc2)c2sc(N(c3ccccc3)c3ccc5ccccc5c3)cc2n4-c2ccccc2)cc1. The molecule has 4 nitrogen and oxygen atoms in total. The molecule has 0 saturated heterocycles. The third-order valence-electron chi connectivity index (χ3n) is 12.4. The van der Waals surface area contributed by atoms with Crippen molar-refractivity contribution in [1.29, 1.82) is 0 Å². The fraction of sp³-hybridized carbons (Fsp3) is 0. The first-order valence-electron chi connectivity index (χ1n) is 21.6. The minimum absolute atomic E-state index is 1.13. The van der Waals surface area contributed by atoms with Crippen molar-refractivity contribution in [3.8, 4) is 11.4 Å². The van der Waals surface area contributed by atoms with Gasteiger partial charge in [-0.2, -0.15) is 0 Å². The van der Waals surface area contributed by atoms with E-state index >= 15 is 0 Å². The zero-order valence-electron chi connectivity index (χ0n) is 34.5. The van der Waals surface area contributed by atoms with Gasteiger partial charge in [0.05, 0.1) is 31.5 Å². The molecule has 0 radical (unpaired) electrons. The van der Waals surface area contributed by atoms with Crippen LogP contribution in [0.4, 0.5) is 32.8 Å². The molecule has 13 rings (SSSR count). The van der Waals surface area contributed by atoms with Crippen LogP contribution < -0.4 is 9.80 Å². The predicted molar refractivity (Wildman–Crippen MR) is 275 cm³/mol. The Kier molecular flexibility index (Phi) is 8.54. The summed E-state index contributed by atoms with van der Waals surface area (Å²) in [5.41, 5.74) is 11.6. The predicted octanol–water partition coefficient (Wildman–Crippen LogP) is 17.2. The summed E-state index contributed by atoms with van der Waals surface area (Å²) in [6.45, 7) is 0. The van der Waals surface area contributed by atoms with Gasteiger partial charge in [-0.25, -0.2) is 0 Å². The first-order valence-corrected chi connectivity index (χ1v) is 23.2. The Morgan fingerprint density at radius 3 is 1.05 bits per heavy atom. The van der Waals surface area contributed by atoms with Gasteiger partial charge in [-0.15, -0.1) is 22.7 Å². The average molecular weight is 855 g/mol. The first-order chi connectivity index (χ1) is 31.7. The van der Waals surface area contributed by atoms with Crippen LogP contribution in [0.1, 0.15) is 0 Å². The minimum atomic E-state index is 1.13. The highest BCUT2D eigenvalue weighted by Gasteiger charge is 2.25. The molecule has 6 heteroatoms. The van der Waals surface area contributed by atoms with Crippen LogP contribution in [-0.4, -0.2) is 9.13 Å². The molecule has 64 heavy (non-hydrogen) atoms. The highest BCUT2D eigenvalue weighted by atomic mass is 32.1. The molecule has 0 N–H and O–H groups in total. The molecule has 0 spiro atoms. The van der Waals surface area contributed by atoms with Gasteiger partial charge < -0.3 is 18.9 Å². The number of rotatable bonds is 8. The molecule has 302 valence electrons. The number of aromatic nitrogens is 2. The Balaban J connectivity index is 1.07. The molecule has 0 unspecified atom stereocenters. The lowest BCUT2D eigenvalue weighted by Crippen LogP contribution is -2.08. The molecule has 0 atom stereocenters. The standard InChI is InChI=1S/C58H38N4S2/c1-5-21-43(22-6-1)59(47-31-29-39-17-13-15-19-41(39)33-47)55-37-53-57(63-55)49-35-52-50(36-51(49)61(53)45-25-9-3-10-26-45)58-54(62(52)46-27-11-4-12-28-46)38-56(64-58)60(44-23-7-2-8-24-44)48-32-30-40-18-14-16-20-42(40)34-48/h1-38H. The maximum absolute atomic E-state index is 2.47. The van der Waals surface area contributed by atoms with E-state index in [9.17, 15) is 0 Å². The van der Waals surface area contributed by atoms with Gasteiger partial charge in [0.15, 0.2) is 0 Å². The van der Waals surface area contributed by atoms with Gasteiger partial charge in [-0.05, 0) is 119 Å². The van der Waals surface area contributed by atoms with E-state index in [4.69, 9.17) is 0 Å². The summed E-state index contributed by atoms with van der Waals surface area (Å²) in [6.07, 6.45) is 0. The zero-order valence-corrected chi connectivity index (χ0v) is 36.2. The van der Waals surface area contributed by atoms with Crippen LogP contribution in [0.5, 0.6) is 0 Å². The number of thiophene rings is 2. The third kappa shape index (κ3) is 5.95. The summed E-state index contributed by atoms with van der Waals surface area (Å²) >= 11 is 3.72. The lowest BCUT2D eigenvalue weighted by atomic mass is 10.1. The topological polar surface area (TPSA) is 16.3 Å². The number of nitrogens with zero attached hydrogens (tertiary/aromatic N) is 4. The molecular formula is C58H38N4S2. The second-order valence-electron chi connectivity index (χ2n) is 16.2. The molecular weight excluding hydrogens is 817 g/mol. The van der Waals surface area contributed by atoms with E-state index in [1.807, 2.05) is 22.7 Å². The van der Waals surface area contributed by atoms with Crippen LogP contribution in [0.25, 0.3) is 75.2 Å². The normalized spacial score (nSPS) is 11.8. The van der Waals surface area contributed by atoms with Gasteiger partial charge in [0, 0.05) is 44.9 Å². The van der Waals surface area contributed by atoms with Crippen LogP contribution in [0.15, 0.2) is 231 Å². The first kappa shape index (κ1) is 36.7. The summed E-state index contributed by atoms with van der Waals surface area (Å²) in [6, 6.07) is 83.7. The van der Waals surface area contributed by atoms with Crippen molar-refractivity contribution in [1.82, 2.24) is 9.13 Å². The highest BCUT2D eigenvalue weighted by molar-refractivity contribution is 7.24. The zero-order chi connectivity index (χ0) is 42.1. The molecule has 0 bridgehead atoms. The molecule has 0 fully saturated rings. The van der Waals surface area contributed by atoms with E-state index in [-0.39, 0.29) is 0 Å². The smallest absolute Gasteiger partial charge is 0.103 e. The van der Waals surface area contributed by atoms with Crippen molar-refractivity contribution in [3.05, 3.63) is 231 Å². The van der Waals surface area contributed by atoms with Gasteiger partial charge in [-0.1, -0.05) is 133 Å². The largest absolute Gasteiger partial charge is 0.308 e. The van der Waals surface area contributed by atoms with Crippen molar-refractivity contribution in [2.45, 2.75) is 0 Å². The number of fused-ring (bicyclic) bond motifs is 8. The maximum atomic E-state index is 2.47. The van der Waals surface area contributed by atoms with Gasteiger partial charge in [0.2, 0.25) is 0 Å². The highest BCUT2D eigenvalue weighted by Crippen LogP contribution is 2.50. The number of para-hydroxylation sites is 4. The lowest BCUT2D eigenvalue weighted by molar-refractivity contribution is 1.17. The summed E-state index contributed by atoms with van der Waals surface area (Å²) in [5.74, 6) is 0. The number of anilines is 6. The summed E-state index contributed by atoms with van der Waals surface area (Å²) in [7, 11) is 0. The average Bonchev–Trinajstić information content (AvgIpc) is 4.11. The summed E-state index contributed by atoms with van der Waals surface area (Å²) < 4.78 is 7.46. The Morgan fingerprint density at radius 1 is 0.281 bits per heavy atom. The Labute approximate surface area is 378 Å². The van der Waals surface area contributed by atoms with E-state index in [1.54, 1.807) is 0 Å². The van der Waals surface area contributed by atoms with E-state index in [1.165, 1.54) is 63.8 Å². The Hall–Kier alpha value is -7.90. The Bertz CT molecular complexity index is 3590. The van der Waals surface area contributed by atoms with Crippen LogP contribution in [0.3, 0.4) is 0 Å². The van der Waals surface area contributed by atoms with Crippen molar-refractivity contribution in [3.63, 3.8) is 0 Å². The van der Waals surface area contributed by atoms with Gasteiger partial charge in [-0.3, -0.25) is 0 Å². The second kappa shape index (κ2) is 14.9. The van der Waals surface area contributed by atoms with Crippen molar-refractivity contribution in [2.24, 2.45) is 0 Å². The van der Waals surface area contributed by atoms with Crippen LogP contribution in [0.2, 0.25) is 0 Å². The molecule has 4 heterocycles. The minimum Gasteiger partial charge on any atom is -0.308 e. The number of hydrogen-bond acceptors (Lipinski definition) is 4. The quantitative estimate of drug-likeness (QED) is 0.151. The third-order valence-corrected chi connectivity index (χ3v) is 14.7. The summed E-state index contributed by atoms with van der Waals surface area (Å²) in [5, 5.41) is 9.70. The number of hydrogen-bond donors (Lipinski definition) is 0. The van der Waals surface area contributed by atoms with Gasteiger partial charge >= 0.3 is 0 Å². The van der Waals surface area contributed by atoms with E-state index in [0.29, 0.717) is 0 Å². The molecule has 0 aliphatic carbocycles. The van der Waals surface area contributed by atoms with E-state index < -0.39 is 0 Å². The summed E-state index contributed by atoms with van der Waals surface area (Å²) in [4.78, 5) is 4.82. The van der Waals surface area contributed by atoms with Crippen LogP contribution in [0, 0.1) is 0 Å². The second-order valence-corrected chi connectivity index (χ2v) is 18.3. The van der Waals surface area contributed by atoms with Crippen LogP contribution in [-0.2, 0) is 0 Å². The molecule has 13 aromatic rings. The molecule has 0 amide bonds. The van der Waals surface area contributed by atoms with E-state index in [2.05, 4.69) is 249 Å². The maximum Gasteiger partial charge on any atom is 0.103 e. The fourth-order valence-electron chi connectivity index (χ4n) is 9.55. The molecule has 0 aliphatic heterocycles. The molecule has 0 aliphatic rings. The van der Waals surface area contributed by atoms with Gasteiger partial charge in [0.25, 0.3) is 0 Å². The fourth-order valence-corrected chi connectivity index (χ4v) is 12.0. The van der Waals surface area contributed by atoms with Crippen molar-refractivity contribution in [2.75, 3.05) is 9.80 Å². The van der Waals surface area contributed by atoms with Crippen molar-refractivity contribution >= 4 is 119 Å². The lowest BCUT2D eigenvalue weighted by Gasteiger charge is -2.24. The monoisotopic (exact) mass is 854 g/mol. The van der Waals surface area contributed by atoms with Crippen LogP contribution >= 0.6 is 22.7 Å². The molecule has 9 aromatic carbocycles. The molecule has 0 saturated carbocycles. The van der Waals surface area contributed by atoms with Gasteiger partial charge in [0.1, 0.15) is 10.0 Å². The van der Waals surface area contributed by atoms with Crippen molar-refractivity contribution < 1.29 is 0 Å². The van der Waals surface area contributed by atoms with E-state index in [0.717, 1.165) is 44.1 Å².